The molecule has 2 aromatic heterocycles. The van der Waals surface area contributed by atoms with Crippen molar-refractivity contribution >= 4 is 32.2 Å². The van der Waals surface area contributed by atoms with Crippen LogP contribution in [-0.2, 0) is 6.54 Å². The van der Waals surface area contributed by atoms with Gasteiger partial charge in [-0.1, -0.05) is 6.92 Å². The number of nitrogens with one attached hydrogen (secondary N) is 1. The van der Waals surface area contributed by atoms with Crippen LogP contribution in [0.3, 0.4) is 0 Å². The third-order valence-corrected chi connectivity index (χ3v) is 4.34. The molecule has 0 radical (unpaired) electrons. The summed E-state index contributed by atoms with van der Waals surface area (Å²) in [5.41, 5.74) is 0.952. The normalized spacial score (nSPS) is 11.2. The van der Waals surface area contributed by atoms with E-state index < -0.39 is 0 Å². The van der Waals surface area contributed by atoms with Gasteiger partial charge < -0.3 is 10.1 Å². The minimum absolute atomic E-state index is 0.318. The quantitative estimate of drug-likeness (QED) is 0.732. The first-order chi connectivity index (χ1) is 10.2. The fourth-order valence-corrected chi connectivity index (χ4v) is 3.03. The van der Waals surface area contributed by atoms with Crippen molar-refractivity contribution in [2.24, 2.45) is 0 Å². The highest BCUT2D eigenvalue weighted by Crippen LogP contribution is 2.30. The number of hydrogen-bond donors (Lipinski definition) is 1. The lowest BCUT2D eigenvalue weighted by atomic mass is 10.3. The molecule has 0 saturated carbocycles. The molecule has 4 nitrogen and oxygen atoms in total. The minimum atomic E-state index is -0.318. The van der Waals surface area contributed by atoms with Gasteiger partial charge in [-0.2, -0.15) is 4.98 Å². The molecule has 21 heavy (non-hydrogen) atoms. The van der Waals surface area contributed by atoms with E-state index >= 15 is 0 Å². The monoisotopic (exact) mass is 369 g/mol. The van der Waals surface area contributed by atoms with Crippen LogP contribution in [-0.4, -0.2) is 15.9 Å². The van der Waals surface area contributed by atoms with Crippen molar-refractivity contribution in [1.29, 1.82) is 0 Å². The number of halogens is 2. The molecule has 1 N–H and O–H groups in total. The lowest BCUT2D eigenvalue weighted by molar-refractivity contribution is 0.454. The largest absolute Gasteiger partial charge is 0.437 e. The Morgan fingerprint density at radius 3 is 3.10 bits per heavy atom. The Balaban J connectivity index is 1.94. The zero-order chi connectivity index (χ0) is 14.8. The van der Waals surface area contributed by atoms with Gasteiger partial charge in [0, 0.05) is 18.1 Å². The summed E-state index contributed by atoms with van der Waals surface area (Å²) in [6.07, 6.45) is 1.97. The fraction of sp³-hybridized carbons (Fsp3) is 0.214. The molecular weight excluding hydrogens is 357 g/mol. The molecule has 0 fully saturated rings. The Bertz CT molecular complexity index is 771. The number of ether oxygens (including phenoxy) is 1. The second-order valence-electron chi connectivity index (χ2n) is 4.38. The summed E-state index contributed by atoms with van der Waals surface area (Å²) in [4.78, 5) is 5.36. The molecule has 0 saturated heterocycles. The van der Waals surface area contributed by atoms with Gasteiger partial charge in [0.25, 0.3) is 0 Å². The average molecular weight is 370 g/mol. The van der Waals surface area contributed by atoms with Crippen LogP contribution in [0.1, 0.15) is 12.6 Å². The summed E-state index contributed by atoms with van der Waals surface area (Å²) < 4.78 is 21.5. The zero-order valence-corrected chi connectivity index (χ0v) is 13.7. The van der Waals surface area contributed by atoms with E-state index in [0.29, 0.717) is 22.6 Å². The first-order valence-electron chi connectivity index (χ1n) is 6.47. The zero-order valence-electron chi connectivity index (χ0n) is 11.3. The third kappa shape index (κ3) is 2.95. The summed E-state index contributed by atoms with van der Waals surface area (Å²) in [6, 6.07) is 4.55. The molecule has 0 aliphatic carbocycles. The van der Waals surface area contributed by atoms with E-state index in [1.807, 2.05) is 22.9 Å². The second-order valence-corrected chi connectivity index (χ2v) is 6.10. The standard InChI is InChI=1S/C14H13BrFN3OS/c1-2-17-8-12-13(18-14-19(12)5-6-21-14)20-9-3-4-11(16)10(15)7-9/h3-7,17H,2,8H2,1H3. The van der Waals surface area contributed by atoms with Crippen LogP contribution in [0.4, 0.5) is 4.39 Å². The molecule has 1 aromatic carbocycles. The van der Waals surface area contributed by atoms with E-state index in [-0.39, 0.29) is 5.82 Å². The predicted molar refractivity (Wildman–Crippen MR) is 84.6 cm³/mol. The number of benzene rings is 1. The Kier molecular flexibility index (Phi) is 4.23. The average Bonchev–Trinajstić information content (AvgIpc) is 3.02. The van der Waals surface area contributed by atoms with Crippen molar-refractivity contribution in [3.8, 4) is 11.6 Å². The smallest absolute Gasteiger partial charge is 0.243 e. The van der Waals surface area contributed by atoms with E-state index in [1.165, 1.54) is 6.07 Å². The molecule has 0 unspecified atom stereocenters. The summed E-state index contributed by atoms with van der Waals surface area (Å²) >= 11 is 4.70. The molecular formula is C14H13BrFN3OS. The first kappa shape index (κ1) is 14.5. The number of imidazole rings is 1. The molecule has 3 rings (SSSR count). The maximum atomic E-state index is 13.3. The molecule has 2 heterocycles. The van der Waals surface area contributed by atoms with Gasteiger partial charge >= 0.3 is 0 Å². The van der Waals surface area contributed by atoms with Crippen molar-refractivity contribution in [3.63, 3.8) is 0 Å². The van der Waals surface area contributed by atoms with E-state index in [0.717, 1.165) is 17.2 Å². The second kappa shape index (κ2) is 6.13. The van der Waals surface area contributed by atoms with Crippen LogP contribution in [0.25, 0.3) is 4.96 Å². The fourth-order valence-electron chi connectivity index (χ4n) is 1.95. The maximum Gasteiger partial charge on any atom is 0.243 e. The highest BCUT2D eigenvalue weighted by molar-refractivity contribution is 9.10. The van der Waals surface area contributed by atoms with Crippen LogP contribution in [0.15, 0.2) is 34.2 Å². The molecule has 110 valence electrons. The van der Waals surface area contributed by atoms with Crippen molar-refractivity contribution in [2.75, 3.05) is 6.54 Å². The van der Waals surface area contributed by atoms with Gasteiger partial charge in [-0.3, -0.25) is 4.40 Å². The number of rotatable bonds is 5. The van der Waals surface area contributed by atoms with Gasteiger partial charge in [-0.05, 0) is 40.7 Å². The lowest BCUT2D eigenvalue weighted by Gasteiger charge is -2.07. The first-order valence-corrected chi connectivity index (χ1v) is 8.14. The van der Waals surface area contributed by atoms with Crippen molar-refractivity contribution in [3.05, 3.63) is 45.8 Å². The van der Waals surface area contributed by atoms with Crippen LogP contribution >= 0.6 is 27.3 Å². The highest BCUT2D eigenvalue weighted by Gasteiger charge is 2.15. The number of nitrogens with zero attached hydrogens (tertiary/aromatic N) is 2. The number of thiazole rings is 1. The number of aromatic nitrogens is 2. The summed E-state index contributed by atoms with van der Waals surface area (Å²) in [7, 11) is 0. The Morgan fingerprint density at radius 2 is 2.33 bits per heavy atom. The van der Waals surface area contributed by atoms with Gasteiger partial charge in [-0.25, -0.2) is 4.39 Å². The van der Waals surface area contributed by atoms with E-state index in [4.69, 9.17) is 4.74 Å². The van der Waals surface area contributed by atoms with E-state index in [2.05, 4.69) is 26.2 Å². The van der Waals surface area contributed by atoms with Crippen LogP contribution in [0.5, 0.6) is 11.6 Å². The molecule has 0 atom stereocenters. The van der Waals surface area contributed by atoms with E-state index in [9.17, 15) is 4.39 Å². The summed E-state index contributed by atoms with van der Waals surface area (Å²) in [6.45, 7) is 3.56. The molecule has 7 heteroatoms. The van der Waals surface area contributed by atoms with Gasteiger partial charge in [-0.15, -0.1) is 11.3 Å². The SMILES string of the molecule is CCNCc1c(Oc2ccc(F)c(Br)c2)nc2sccn12. The molecule has 0 aliphatic heterocycles. The van der Waals surface area contributed by atoms with Gasteiger partial charge in [0.15, 0.2) is 4.96 Å². The van der Waals surface area contributed by atoms with Gasteiger partial charge in [0.1, 0.15) is 17.3 Å². The highest BCUT2D eigenvalue weighted by atomic mass is 79.9. The maximum absolute atomic E-state index is 13.3. The topological polar surface area (TPSA) is 38.6 Å². The Hall–Kier alpha value is -1.44. The Labute approximate surface area is 133 Å². The third-order valence-electron chi connectivity index (χ3n) is 2.97. The van der Waals surface area contributed by atoms with Crippen molar-refractivity contribution in [2.45, 2.75) is 13.5 Å². The van der Waals surface area contributed by atoms with Crippen LogP contribution < -0.4 is 10.1 Å². The van der Waals surface area contributed by atoms with Crippen molar-refractivity contribution < 1.29 is 9.13 Å². The Morgan fingerprint density at radius 1 is 1.48 bits per heavy atom. The molecule has 0 aliphatic rings. The summed E-state index contributed by atoms with van der Waals surface area (Å²) in [5, 5.41) is 5.26. The van der Waals surface area contributed by atoms with Crippen LogP contribution in [0, 0.1) is 5.82 Å². The van der Waals surface area contributed by atoms with Gasteiger partial charge in [0.05, 0.1) is 4.47 Å². The van der Waals surface area contributed by atoms with Crippen LogP contribution in [0.2, 0.25) is 0 Å². The predicted octanol–water partition coefficient (Wildman–Crippen LogP) is 4.20. The minimum Gasteiger partial charge on any atom is -0.437 e. The number of fused-ring (bicyclic) bond motifs is 1. The van der Waals surface area contributed by atoms with Crippen molar-refractivity contribution in [1.82, 2.24) is 14.7 Å². The molecule has 0 bridgehead atoms. The summed E-state index contributed by atoms with van der Waals surface area (Å²) in [5.74, 6) is 0.772. The molecule has 0 amide bonds. The van der Waals surface area contributed by atoms with E-state index in [1.54, 1.807) is 23.5 Å². The molecule has 0 spiro atoms. The number of hydrogen-bond acceptors (Lipinski definition) is 4. The molecule has 3 aromatic rings. The van der Waals surface area contributed by atoms with Gasteiger partial charge in [0.2, 0.25) is 5.88 Å². The lowest BCUT2D eigenvalue weighted by Crippen LogP contribution is -2.13.